The monoisotopic (exact) mass is 263 g/mol. The molecule has 1 aromatic heterocycles. The lowest BCUT2D eigenvalue weighted by molar-refractivity contribution is 0.0696. The van der Waals surface area contributed by atoms with Crippen LogP contribution < -0.4 is 10.6 Å². The number of aromatic carboxylic acids is 1. The summed E-state index contributed by atoms with van der Waals surface area (Å²) in [5.41, 5.74) is 0.330. The summed E-state index contributed by atoms with van der Waals surface area (Å²) < 4.78 is 0. The Hall–Kier alpha value is -2.11. The normalized spacial score (nSPS) is 16.3. The highest BCUT2D eigenvalue weighted by Crippen LogP contribution is 2.34. The molecule has 0 saturated heterocycles. The number of anilines is 1. The summed E-state index contributed by atoms with van der Waals surface area (Å²) in [6.07, 6.45) is 6.67. The molecule has 6 nitrogen and oxygen atoms in total. The van der Waals surface area contributed by atoms with Gasteiger partial charge in [-0.15, -0.1) is 0 Å². The van der Waals surface area contributed by atoms with Crippen LogP contribution in [0.2, 0.25) is 0 Å². The average Bonchev–Trinajstić information content (AvgIpc) is 2.34. The molecule has 0 unspecified atom stereocenters. The van der Waals surface area contributed by atoms with Gasteiger partial charge in [0, 0.05) is 11.7 Å². The van der Waals surface area contributed by atoms with E-state index in [1.54, 1.807) is 0 Å². The van der Waals surface area contributed by atoms with E-state index in [0.717, 1.165) is 25.7 Å². The Kier molecular flexibility index (Phi) is 3.69. The van der Waals surface area contributed by atoms with Crippen molar-refractivity contribution < 1.29 is 14.7 Å². The first-order chi connectivity index (χ1) is 9.04. The molecule has 0 atom stereocenters. The van der Waals surface area contributed by atoms with Gasteiger partial charge in [0.2, 0.25) is 0 Å². The minimum Gasteiger partial charge on any atom is -0.478 e. The third kappa shape index (κ3) is 3.01. The number of nitrogens with zero attached hydrogens (tertiary/aromatic N) is 1. The predicted molar refractivity (Wildman–Crippen MR) is 70.2 cm³/mol. The number of hydrogen-bond acceptors (Lipinski definition) is 3. The maximum absolute atomic E-state index is 11.9. The smallest absolute Gasteiger partial charge is 0.337 e. The molecule has 1 aliphatic carbocycles. The van der Waals surface area contributed by atoms with Crippen molar-refractivity contribution in [2.75, 3.05) is 5.32 Å². The number of urea groups is 1. The van der Waals surface area contributed by atoms with E-state index in [1.807, 2.05) is 6.92 Å². The molecule has 0 radical (unpaired) electrons. The molecule has 6 heteroatoms. The topological polar surface area (TPSA) is 91.3 Å². The minimum absolute atomic E-state index is 0.0478. The molecule has 1 fully saturated rings. The fraction of sp³-hybridized carbons (Fsp3) is 0.462. The molecule has 0 aliphatic heterocycles. The number of nitrogens with one attached hydrogen (secondary N) is 2. The second-order valence-electron chi connectivity index (χ2n) is 4.83. The van der Waals surface area contributed by atoms with Gasteiger partial charge in [0.25, 0.3) is 0 Å². The van der Waals surface area contributed by atoms with Crippen LogP contribution in [-0.2, 0) is 0 Å². The number of carbonyl (C=O) groups excluding carboxylic acids is 1. The Morgan fingerprint density at radius 3 is 2.68 bits per heavy atom. The highest BCUT2D eigenvalue weighted by molar-refractivity contribution is 5.92. The van der Waals surface area contributed by atoms with Gasteiger partial charge in [-0.2, -0.15) is 0 Å². The molecule has 0 aromatic carbocycles. The van der Waals surface area contributed by atoms with Crippen LogP contribution in [0.25, 0.3) is 0 Å². The van der Waals surface area contributed by atoms with Crippen LogP contribution in [0, 0.1) is 0 Å². The van der Waals surface area contributed by atoms with E-state index in [4.69, 9.17) is 5.11 Å². The summed E-state index contributed by atoms with van der Waals surface area (Å²) in [5, 5.41) is 14.4. The fourth-order valence-electron chi connectivity index (χ4n) is 2.20. The number of carbonyl (C=O) groups is 2. The molecular formula is C13H17N3O3. The van der Waals surface area contributed by atoms with Crippen molar-refractivity contribution in [1.29, 1.82) is 0 Å². The van der Waals surface area contributed by atoms with Crippen LogP contribution in [-0.4, -0.2) is 27.6 Å². The number of amides is 2. The second kappa shape index (κ2) is 5.26. The first-order valence-corrected chi connectivity index (χ1v) is 6.32. The Balaban J connectivity index is 1.99. The largest absolute Gasteiger partial charge is 0.478 e. The van der Waals surface area contributed by atoms with Gasteiger partial charge in [-0.25, -0.2) is 9.59 Å². The van der Waals surface area contributed by atoms with Crippen LogP contribution >= 0.6 is 0 Å². The van der Waals surface area contributed by atoms with E-state index in [9.17, 15) is 9.59 Å². The number of hydrogen-bond donors (Lipinski definition) is 3. The predicted octanol–water partition coefficient (Wildman–Crippen LogP) is 2.23. The van der Waals surface area contributed by atoms with Crippen molar-refractivity contribution in [3.63, 3.8) is 0 Å². The van der Waals surface area contributed by atoms with Crippen molar-refractivity contribution in [2.24, 2.45) is 0 Å². The lowest BCUT2D eigenvalue weighted by atomic mass is 9.75. The molecule has 0 spiro atoms. The van der Waals surface area contributed by atoms with Crippen molar-refractivity contribution >= 4 is 17.7 Å². The van der Waals surface area contributed by atoms with Gasteiger partial charge in [-0.3, -0.25) is 4.98 Å². The quantitative estimate of drug-likeness (QED) is 0.776. The standard InChI is InChI=1S/C13H17N3O3/c1-2-13(4-3-5-13)16-12(19)15-10-6-9(11(17)18)7-14-8-10/h6-8H,2-5H2,1H3,(H,17,18)(H2,15,16,19). The Morgan fingerprint density at radius 1 is 1.42 bits per heavy atom. The van der Waals surface area contributed by atoms with Gasteiger partial charge in [-0.1, -0.05) is 6.92 Å². The second-order valence-corrected chi connectivity index (χ2v) is 4.83. The molecule has 1 aliphatic rings. The SMILES string of the molecule is CCC1(NC(=O)Nc2cncc(C(=O)O)c2)CCC1. The van der Waals surface area contributed by atoms with Gasteiger partial charge in [0.05, 0.1) is 17.4 Å². The molecule has 2 amide bonds. The number of carboxylic acid groups (broad SMARTS) is 1. The summed E-state index contributed by atoms with van der Waals surface area (Å²) >= 11 is 0. The zero-order valence-electron chi connectivity index (χ0n) is 10.8. The van der Waals surface area contributed by atoms with Crippen molar-refractivity contribution in [1.82, 2.24) is 10.3 Å². The Morgan fingerprint density at radius 2 is 2.16 bits per heavy atom. The molecule has 1 aromatic rings. The molecular weight excluding hydrogens is 246 g/mol. The third-order valence-corrected chi connectivity index (χ3v) is 3.61. The lowest BCUT2D eigenvalue weighted by Gasteiger charge is -2.41. The molecule has 0 bridgehead atoms. The summed E-state index contributed by atoms with van der Waals surface area (Å²) in [6, 6.07) is 1.07. The first kappa shape index (κ1) is 13.3. The van der Waals surface area contributed by atoms with E-state index in [1.165, 1.54) is 18.5 Å². The molecule has 102 valence electrons. The van der Waals surface area contributed by atoms with Crippen LogP contribution in [0.5, 0.6) is 0 Å². The van der Waals surface area contributed by atoms with E-state index in [-0.39, 0.29) is 17.1 Å². The molecule has 1 saturated carbocycles. The number of carboxylic acids is 1. The zero-order chi connectivity index (χ0) is 13.9. The van der Waals surface area contributed by atoms with E-state index < -0.39 is 5.97 Å². The van der Waals surface area contributed by atoms with Crippen LogP contribution in [0.3, 0.4) is 0 Å². The Labute approximate surface area is 111 Å². The number of aromatic nitrogens is 1. The van der Waals surface area contributed by atoms with E-state index in [2.05, 4.69) is 15.6 Å². The van der Waals surface area contributed by atoms with E-state index >= 15 is 0 Å². The third-order valence-electron chi connectivity index (χ3n) is 3.61. The summed E-state index contributed by atoms with van der Waals surface area (Å²) in [4.78, 5) is 26.5. The lowest BCUT2D eigenvalue weighted by Crippen LogP contribution is -2.54. The minimum atomic E-state index is -1.07. The summed E-state index contributed by atoms with van der Waals surface area (Å²) in [5.74, 6) is -1.07. The van der Waals surface area contributed by atoms with Crippen molar-refractivity contribution in [3.05, 3.63) is 24.0 Å². The fourth-order valence-corrected chi connectivity index (χ4v) is 2.20. The molecule has 3 N–H and O–H groups in total. The maximum atomic E-state index is 11.9. The maximum Gasteiger partial charge on any atom is 0.337 e. The van der Waals surface area contributed by atoms with Gasteiger partial charge in [-0.05, 0) is 31.7 Å². The highest BCUT2D eigenvalue weighted by atomic mass is 16.4. The molecule has 2 rings (SSSR count). The van der Waals surface area contributed by atoms with Crippen LogP contribution in [0.15, 0.2) is 18.5 Å². The Bertz CT molecular complexity index is 492. The van der Waals surface area contributed by atoms with Gasteiger partial charge in [0.15, 0.2) is 0 Å². The van der Waals surface area contributed by atoms with Gasteiger partial charge < -0.3 is 15.7 Å². The zero-order valence-corrected chi connectivity index (χ0v) is 10.8. The average molecular weight is 263 g/mol. The van der Waals surface area contributed by atoms with Crippen molar-refractivity contribution in [3.8, 4) is 0 Å². The van der Waals surface area contributed by atoms with Crippen LogP contribution in [0.1, 0.15) is 43.0 Å². The number of pyridine rings is 1. The first-order valence-electron chi connectivity index (χ1n) is 6.32. The highest BCUT2D eigenvalue weighted by Gasteiger charge is 2.36. The van der Waals surface area contributed by atoms with Gasteiger partial charge in [0.1, 0.15) is 0 Å². The van der Waals surface area contributed by atoms with Crippen LogP contribution in [0.4, 0.5) is 10.5 Å². The summed E-state index contributed by atoms with van der Waals surface area (Å²) in [6.45, 7) is 2.05. The molecule has 19 heavy (non-hydrogen) atoms. The summed E-state index contributed by atoms with van der Waals surface area (Å²) in [7, 11) is 0. The van der Waals surface area contributed by atoms with Gasteiger partial charge >= 0.3 is 12.0 Å². The number of rotatable bonds is 4. The van der Waals surface area contributed by atoms with E-state index in [0.29, 0.717) is 5.69 Å². The van der Waals surface area contributed by atoms with Crippen molar-refractivity contribution in [2.45, 2.75) is 38.1 Å². The molecule has 1 heterocycles.